The molecule has 7 heteroatoms. The summed E-state index contributed by atoms with van der Waals surface area (Å²) in [7, 11) is 3.81. The summed E-state index contributed by atoms with van der Waals surface area (Å²) in [5.41, 5.74) is 5.25. The normalized spacial score (nSPS) is 12.8. The van der Waals surface area contributed by atoms with E-state index >= 15 is 0 Å². The number of aliphatic hydroxyl groups is 1. The van der Waals surface area contributed by atoms with Gasteiger partial charge in [-0.25, -0.2) is 9.97 Å². The van der Waals surface area contributed by atoms with E-state index in [4.69, 9.17) is 4.74 Å². The Labute approximate surface area is 150 Å². The number of anilines is 1. The van der Waals surface area contributed by atoms with Gasteiger partial charge in [0, 0.05) is 37.3 Å². The zero-order valence-corrected chi connectivity index (χ0v) is 14.9. The molecule has 0 aliphatic rings. The van der Waals surface area contributed by atoms with E-state index in [-0.39, 0.29) is 0 Å². The number of hydrogen-bond acceptors (Lipinski definition) is 5. The van der Waals surface area contributed by atoms with Gasteiger partial charge in [-0.2, -0.15) is 0 Å². The third-order valence-corrected chi connectivity index (χ3v) is 4.48. The van der Waals surface area contributed by atoms with Crippen LogP contribution < -0.4 is 5.32 Å². The average molecular weight is 351 g/mol. The van der Waals surface area contributed by atoms with Crippen molar-refractivity contribution in [2.45, 2.75) is 13.2 Å². The zero-order chi connectivity index (χ0) is 18.3. The lowest BCUT2D eigenvalue weighted by molar-refractivity contribution is -0.0979. The van der Waals surface area contributed by atoms with Gasteiger partial charge in [-0.3, -0.25) is 0 Å². The van der Waals surface area contributed by atoms with Gasteiger partial charge in [0.2, 0.25) is 0 Å². The molecule has 0 saturated heterocycles. The van der Waals surface area contributed by atoms with E-state index < -0.39 is 6.29 Å². The highest BCUT2D eigenvalue weighted by Gasteiger charge is 2.16. The molecule has 0 aliphatic carbocycles. The average Bonchev–Trinajstić information content (AvgIpc) is 3.25. The molecule has 0 bridgehead atoms. The Kier molecular flexibility index (Phi) is 4.10. The van der Waals surface area contributed by atoms with Gasteiger partial charge in [-0.15, -0.1) is 0 Å². The summed E-state index contributed by atoms with van der Waals surface area (Å²) in [4.78, 5) is 12.5. The van der Waals surface area contributed by atoms with Crippen molar-refractivity contribution in [2.24, 2.45) is 7.05 Å². The Morgan fingerprint density at radius 1 is 1.35 bits per heavy atom. The van der Waals surface area contributed by atoms with Crippen LogP contribution in [-0.4, -0.2) is 38.3 Å². The van der Waals surface area contributed by atoms with Gasteiger partial charge in [0.1, 0.15) is 11.2 Å². The molecular weight excluding hydrogens is 330 g/mol. The number of rotatable bonds is 5. The van der Waals surface area contributed by atoms with Crippen LogP contribution in [0.1, 0.15) is 18.8 Å². The molecule has 3 N–H and O–H groups in total. The van der Waals surface area contributed by atoms with Crippen molar-refractivity contribution in [3.8, 4) is 11.3 Å². The van der Waals surface area contributed by atoms with E-state index in [1.807, 2.05) is 49.9 Å². The molecule has 1 unspecified atom stereocenters. The molecule has 1 aromatic carbocycles. The summed E-state index contributed by atoms with van der Waals surface area (Å²) in [6, 6.07) is 9.74. The minimum Gasteiger partial charge on any atom is -0.371 e. The topological polar surface area (TPSA) is 88.0 Å². The van der Waals surface area contributed by atoms with E-state index in [9.17, 15) is 5.11 Å². The Bertz CT molecular complexity index is 1080. The zero-order valence-electron chi connectivity index (χ0n) is 14.9. The minimum absolute atomic E-state index is 0.451. The molecule has 0 spiro atoms. The Morgan fingerprint density at radius 2 is 2.19 bits per heavy atom. The first-order valence-electron chi connectivity index (χ1n) is 8.54. The Balaban J connectivity index is 1.87. The van der Waals surface area contributed by atoms with Gasteiger partial charge in [0.25, 0.3) is 0 Å². The number of H-pyrrole nitrogens is 1. The van der Waals surface area contributed by atoms with Crippen molar-refractivity contribution in [3.63, 3.8) is 0 Å². The standard InChI is InChI=1S/C19H21N5O2/c1-4-26-19(25)12-7-5-6-11(8-12)14-9-13-16-15(21-10-24(16)3)18(20-2)23-17(13)22-14/h5-10,19,25H,4H2,1-3H3,(H2,20,22,23). The summed E-state index contributed by atoms with van der Waals surface area (Å²) in [6.45, 7) is 2.31. The second-order valence-corrected chi connectivity index (χ2v) is 6.14. The lowest BCUT2D eigenvalue weighted by Crippen LogP contribution is -2.02. The van der Waals surface area contributed by atoms with Gasteiger partial charge in [0.05, 0.1) is 11.8 Å². The van der Waals surface area contributed by atoms with E-state index in [0.717, 1.165) is 44.7 Å². The number of aryl methyl sites for hydroxylation is 1. The van der Waals surface area contributed by atoms with Crippen LogP contribution in [0.2, 0.25) is 0 Å². The van der Waals surface area contributed by atoms with Gasteiger partial charge in [-0.05, 0) is 24.6 Å². The number of fused-ring (bicyclic) bond motifs is 3. The lowest BCUT2D eigenvalue weighted by atomic mass is 10.1. The highest BCUT2D eigenvalue weighted by Crippen LogP contribution is 2.32. The van der Waals surface area contributed by atoms with Crippen molar-refractivity contribution in [1.29, 1.82) is 0 Å². The highest BCUT2D eigenvalue weighted by atomic mass is 16.6. The van der Waals surface area contributed by atoms with Crippen LogP contribution in [0.3, 0.4) is 0 Å². The molecule has 3 heterocycles. The number of aromatic nitrogens is 4. The van der Waals surface area contributed by atoms with Crippen LogP contribution in [0.25, 0.3) is 33.3 Å². The molecule has 4 aromatic rings. The number of nitrogens with zero attached hydrogens (tertiary/aromatic N) is 3. The third kappa shape index (κ3) is 2.61. The maximum absolute atomic E-state index is 10.1. The predicted octanol–water partition coefficient (Wildman–Crippen LogP) is 3.19. The van der Waals surface area contributed by atoms with Gasteiger partial charge in [-0.1, -0.05) is 18.2 Å². The molecule has 0 aliphatic heterocycles. The van der Waals surface area contributed by atoms with Crippen molar-refractivity contribution < 1.29 is 9.84 Å². The lowest BCUT2D eigenvalue weighted by Gasteiger charge is -2.11. The molecule has 134 valence electrons. The first-order valence-corrected chi connectivity index (χ1v) is 8.54. The number of ether oxygens (including phenoxy) is 1. The number of pyridine rings is 1. The number of benzene rings is 1. The van der Waals surface area contributed by atoms with E-state index in [0.29, 0.717) is 6.61 Å². The molecule has 0 amide bonds. The first-order chi connectivity index (χ1) is 12.6. The second kappa shape index (κ2) is 6.44. The smallest absolute Gasteiger partial charge is 0.181 e. The van der Waals surface area contributed by atoms with Gasteiger partial charge in [0.15, 0.2) is 12.1 Å². The molecule has 7 nitrogen and oxygen atoms in total. The SMILES string of the molecule is CCOC(O)c1cccc(-c2cc3c(nc(NC)c4ncn(C)c43)[nH]2)c1. The fraction of sp³-hybridized carbons (Fsp3) is 0.263. The van der Waals surface area contributed by atoms with Crippen molar-refractivity contribution in [1.82, 2.24) is 19.5 Å². The van der Waals surface area contributed by atoms with E-state index in [1.165, 1.54) is 0 Å². The van der Waals surface area contributed by atoms with Crippen molar-refractivity contribution in [2.75, 3.05) is 19.0 Å². The van der Waals surface area contributed by atoms with Gasteiger partial charge >= 0.3 is 0 Å². The summed E-state index contributed by atoms with van der Waals surface area (Å²) in [5.74, 6) is 0.738. The fourth-order valence-electron chi connectivity index (χ4n) is 3.24. The fourth-order valence-corrected chi connectivity index (χ4v) is 3.24. The molecular formula is C19H21N5O2. The van der Waals surface area contributed by atoms with Crippen LogP contribution in [-0.2, 0) is 11.8 Å². The number of imidazole rings is 1. The van der Waals surface area contributed by atoms with Gasteiger partial charge < -0.3 is 24.7 Å². The largest absolute Gasteiger partial charge is 0.371 e. The van der Waals surface area contributed by atoms with E-state index in [1.54, 1.807) is 6.33 Å². The third-order valence-electron chi connectivity index (χ3n) is 4.48. The minimum atomic E-state index is -0.929. The molecule has 4 rings (SSSR count). The van der Waals surface area contributed by atoms with Crippen LogP contribution >= 0.6 is 0 Å². The predicted molar refractivity (Wildman–Crippen MR) is 102 cm³/mol. The number of aromatic amines is 1. The van der Waals surface area contributed by atoms with Crippen molar-refractivity contribution >= 4 is 27.9 Å². The number of aliphatic hydroxyl groups excluding tert-OH is 1. The molecule has 26 heavy (non-hydrogen) atoms. The first kappa shape index (κ1) is 16.6. The Morgan fingerprint density at radius 3 is 2.96 bits per heavy atom. The molecule has 0 fully saturated rings. The molecule has 1 atom stereocenters. The summed E-state index contributed by atoms with van der Waals surface area (Å²) < 4.78 is 7.28. The van der Waals surface area contributed by atoms with Crippen LogP contribution in [0.4, 0.5) is 5.82 Å². The Hall–Kier alpha value is -2.90. The second-order valence-electron chi connectivity index (χ2n) is 6.14. The maximum Gasteiger partial charge on any atom is 0.181 e. The summed E-state index contributed by atoms with van der Waals surface area (Å²) >= 11 is 0. The summed E-state index contributed by atoms with van der Waals surface area (Å²) in [5, 5.41) is 14.2. The van der Waals surface area contributed by atoms with E-state index in [2.05, 4.69) is 26.3 Å². The molecule has 3 aromatic heterocycles. The highest BCUT2D eigenvalue weighted by molar-refractivity contribution is 6.07. The van der Waals surface area contributed by atoms with Crippen LogP contribution in [0.5, 0.6) is 0 Å². The maximum atomic E-state index is 10.1. The molecule has 0 radical (unpaired) electrons. The van der Waals surface area contributed by atoms with Crippen molar-refractivity contribution in [3.05, 3.63) is 42.2 Å². The van der Waals surface area contributed by atoms with Crippen LogP contribution in [0.15, 0.2) is 36.7 Å². The number of nitrogens with one attached hydrogen (secondary N) is 2. The van der Waals surface area contributed by atoms with Crippen LogP contribution in [0, 0.1) is 0 Å². The number of hydrogen-bond donors (Lipinski definition) is 3. The monoisotopic (exact) mass is 351 g/mol. The molecule has 0 saturated carbocycles. The quantitative estimate of drug-likeness (QED) is 0.481. The summed E-state index contributed by atoms with van der Waals surface area (Å²) in [6.07, 6.45) is 0.861.